The normalized spacial score (nSPS) is 10.9. The van der Waals surface area contributed by atoms with E-state index >= 15 is 0 Å². The van der Waals surface area contributed by atoms with Crippen molar-refractivity contribution in [3.05, 3.63) is 71.0 Å². The van der Waals surface area contributed by atoms with Gasteiger partial charge in [0.05, 0.1) is 6.21 Å². The van der Waals surface area contributed by atoms with Crippen molar-refractivity contribution in [2.24, 2.45) is 5.10 Å². The van der Waals surface area contributed by atoms with E-state index in [4.69, 9.17) is 17.0 Å². The summed E-state index contributed by atoms with van der Waals surface area (Å²) in [6.45, 7) is 0.269. The maximum atomic E-state index is 5.66. The molecular weight excluding hydrogens is 298 g/mol. The van der Waals surface area contributed by atoms with Crippen LogP contribution in [0.5, 0.6) is 5.75 Å². The molecule has 0 saturated heterocycles. The van der Waals surface area contributed by atoms with Crippen LogP contribution in [0.15, 0.2) is 60.0 Å². The third kappa shape index (κ3) is 3.44. The molecule has 3 rings (SSSR count). The fourth-order valence-corrected chi connectivity index (χ4v) is 1.97. The Morgan fingerprint density at radius 3 is 2.73 bits per heavy atom. The highest BCUT2D eigenvalue weighted by molar-refractivity contribution is 7.71. The van der Waals surface area contributed by atoms with Crippen LogP contribution in [0.2, 0.25) is 0 Å². The maximum absolute atomic E-state index is 5.66. The van der Waals surface area contributed by atoms with Gasteiger partial charge in [-0.15, -0.1) is 0 Å². The Balaban J connectivity index is 1.76. The zero-order valence-electron chi connectivity index (χ0n) is 11.6. The van der Waals surface area contributed by atoms with Gasteiger partial charge in [-0.3, -0.25) is 4.98 Å². The van der Waals surface area contributed by atoms with Crippen LogP contribution in [0.1, 0.15) is 11.4 Å². The smallest absolute Gasteiger partial charge is 0.216 e. The minimum Gasteiger partial charge on any atom is -0.486 e. The molecule has 3 aromatic rings. The topological polar surface area (TPSA) is 68.1 Å². The van der Waals surface area contributed by atoms with Crippen LogP contribution >= 0.6 is 12.2 Å². The first-order valence-corrected chi connectivity index (χ1v) is 7.02. The number of H-pyrrole nitrogens is 1. The van der Waals surface area contributed by atoms with Crippen LogP contribution in [-0.2, 0) is 6.61 Å². The molecule has 0 fully saturated rings. The van der Waals surface area contributed by atoms with E-state index in [1.54, 1.807) is 23.3 Å². The Kier molecular flexibility index (Phi) is 4.35. The van der Waals surface area contributed by atoms with E-state index in [2.05, 4.69) is 20.3 Å². The number of aromatic nitrogens is 4. The highest BCUT2D eigenvalue weighted by Crippen LogP contribution is 2.10. The van der Waals surface area contributed by atoms with Gasteiger partial charge in [0.2, 0.25) is 4.77 Å². The fourth-order valence-electron chi connectivity index (χ4n) is 1.78. The molecule has 0 aliphatic rings. The summed E-state index contributed by atoms with van der Waals surface area (Å²) in [6, 6.07) is 13.2. The first kappa shape index (κ1) is 14.2. The monoisotopic (exact) mass is 311 g/mol. The molecule has 0 amide bonds. The van der Waals surface area contributed by atoms with E-state index in [1.165, 1.54) is 0 Å². The van der Waals surface area contributed by atoms with Crippen molar-refractivity contribution in [3.63, 3.8) is 0 Å². The van der Waals surface area contributed by atoms with Gasteiger partial charge >= 0.3 is 0 Å². The molecule has 0 atom stereocenters. The highest BCUT2D eigenvalue weighted by atomic mass is 32.1. The average Bonchev–Trinajstić information content (AvgIpc) is 2.93. The van der Waals surface area contributed by atoms with Crippen LogP contribution in [0.3, 0.4) is 0 Å². The number of nitrogens with zero attached hydrogens (tertiary/aromatic N) is 4. The molecule has 0 unspecified atom stereocenters. The fraction of sp³-hybridized carbons (Fsp3) is 0.0667. The molecule has 0 radical (unpaired) electrons. The molecule has 1 aromatic carbocycles. The predicted octanol–water partition coefficient (Wildman–Crippen LogP) is 2.80. The molecule has 7 heteroatoms. The second-order valence-corrected chi connectivity index (χ2v) is 4.77. The summed E-state index contributed by atoms with van der Waals surface area (Å²) >= 11 is 5.18. The molecule has 0 spiro atoms. The summed E-state index contributed by atoms with van der Waals surface area (Å²) in [7, 11) is 0. The van der Waals surface area contributed by atoms with E-state index in [0.29, 0.717) is 10.6 Å². The van der Waals surface area contributed by atoms with Gasteiger partial charge in [-0.25, -0.2) is 5.10 Å². The standard InChI is InChI=1S/C15H13N5OS/c22-15-19-18-14(11-21-13-4-2-1-3-5-13)20(15)17-10-12-6-8-16-9-7-12/h1-10H,11H2,(H,19,22)/b17-10-. The summed E-state index contributed by atoms with van der Waals surface area (Å²) < 4.78 is 7.62. The van der Waals surface area contributed by atoms with Crippen molar-refractivity contribution in [3.8, 4) is 5.75 Å². The number of hydrogen-bond acceptors (Lipinski definition) is 5. The van der Waals surface area contributed by atoms with Crippen LogP contribution in [0.25, 0.3) is 0 Å². The number of aromatic amines is 1. The Hall–Kier alpha value is -2.80. The number of benzene rings is 1. The third-order valence-electron chi connectivity index (χ3n) is 2.86. The number of ether oxygens (including phenoxy) is 1. The van der Waals surface area contributed by atoms with Crippen molar-refractivity contribution >= 4 is 18.4 Å². The van der Waals surface area contributed by atoms with Gasteiger partial charge in [0.25, 0.3) is 0 Å². The van der Waals surface area contributed by atoms with E-state index in [9.17, 15) is 0 Å². The van der Waals surface area contributed by atoms with Crippen LogP contribution in [0, 0.1) is 4.77 Å². The Bertz CT molecular complexity index is 811. The number of rotatable bonds is 5. The quantitative estimate of drug-likeness (QED) is 0.581. The van der Waals surface area contributed by atoms with Crippen molar-refractivity contribution in [2.75, 3.05) is 0 Å². The highest BCUT2D eigenvalue weighted by Gasteiger charge is 2.05. The molecule has 2 heterocycles. The summed E-state index contributed by atoms with van der Waals surface area (Å²) in [5, 5.41) is 11.2. The lowest BCUT2D eigenvalue weighted by Crippen LogP contribution is -2.04. The van der Waals surface area contributed by atoms with Crippen molar-refractivity contribution in [2.45, 2.75) is 6.61 Å². The van der Waals surface area contributed by atoms with Crippen LogP contribution < -0.4 is 4.74 Å². The molecule has 22 heavy (non-hydrogen) atoms. The van der Waals surface area contributed by atoms with Crippen molar-refractivity contribution in [1.29, 1.82) is 0 Å². The van der Waals surface area contributed by atoms with Crippen molar-refractivity contribution < 1.29 is 4.74 Å². The molecule has 2 aromatic heterocycles. The van der Waals surface area contributed by atoms with Crippen LogP contribution in [0.4, 0.5) is 0 Å². The van der Waals surface area contributed by atoms with Gasteiger partial charge in [0.15, 0.2) is 5.82 Å². The third-order valence-corrected chi connectivity index (χ3v) is 3.12. The summed E-state index contributed by atoms with van der Waals surface area (Å²) in [6.07, 6.45) is 5.10. The predicted molar refractivity (Wildman–Crippen MR) is 85.4 cm³/mol. The van der Waals surface area contributed by atoms with Gasteiger partial charge < -0.3 is 4.74 Å². The molecule has 0 aliphatic carbocycles. The summed E-state index contributed by atoms with van der Waals surface area (Å²) in [5.74, 6) is 1.36. The minimum atomic E-state index is 0.269. The van der Waals surface area contributed by atoms with E-state index in [1.807, 2.05) is 42.5 Å². The van der Waals surface area contributed by atoms with Crippen LogP contribution in [-0.4, -0.2) is 26.1 Å². The van der Waals surface area contributed by atoms with Gasteiger partial charge in [-0.2, -0.15) is 14.9 Å². The minimum absolute atomic E-state index is 0.269. The Labute approximate surface area is 132 Å². The van der Waals surface area contributed by atoms with Gasteiger partial charge in [0.1, 0.15) is 12.4 Å². The average molecular weight is 311 g/mol. The van der Waals surface area contributed by atoms with E-state index in [-0.39, 0.29) is 6.61 Å². The first-order chi connectivity index (χ1) is 10.8. The number of para-hydroxylation sites is 1. The molecule has 0 saturated carbocycles. The zero-order chi connectivity index (χ0) is 15.2. The molecule has 0 aliphatic heterocycles. The second-order valence-electron chi connectivity index (χ2n) is 4.38. The summed E-state index contributed by atoms with van der Waals surface area (Å²) in [4.78, 5) is 3.96. The number of nitrogens with one attached hydrogen (secondary N) is 1. The summed E-state index contributed by atoms with van der Waals surface area (Å²) in [5.41, 5.74) is 0.924. The number of hydrogen-bond donors (Lipinski definition) is 1. The number of pyridine rings is 1. The maximum Gasteiger partial charge on any atom is 0.216 e. The molecule has 110 valence electrons. The second kappa shape index (κ2) is 6.77. The van der Waals surface area contributed by atoms with Gasteiger partial charge in [0, 0.05) is 12.4 Å². The Morgan fingerprint density at radius 2 is 1.95 bits per heavy atom. The Morgan fingerprint density at radius 1 is 1.18 bits per heavy atom. The van der Waals surface area contributed by atoms with Crippen molar-refractivity contribution in [1.82, 2.24) is 19.9 Å². The molecule has 1 N–H and O–H groups in total. The molecule has 6 nitrogen and oxygen atoms in total. The van der Waals surface area contributed by atoms with E-state index < -0.39 is 0 Å². The first-order valence-electron chi connectivity index (χ1n) is 6.61. The lowest BCUT2D eigenvalue weighted by atomic mass is 10.3. The molecular formula is C15H13N5OS. The zero-order valence-corrected chi connectivity index (χ0v) is 12.4. The lowest BCUT2D eigenvalue weighted by Gasteiger charge is -2.04. The SMILES string of the molecule is S=c1[nH]nc(COc2ccccc2)n1/N=C\c1ccncc1. The van der Waals surface area contributed by atoms with E-state index in [0.717, 1.165) is 11.3 Å². The van der Waals surface area contributed by atoms with Gasteiger partial charge in [-0.1, -0.05) is 18.2 Å². The van der Waals surface area contributed by atoms with Gasteiger partial charge in [-0.05, 0) is 42.0 Å². The largest absolute Gasteiger partial charge is 0.486 e. The molecule has 0 bridgehead atoms. The lowest BCUT2D eigenvalue weighted by molar-refractivity contribution is 0.290.